The summed E-state index contributed by atoms with van der Waals surface area (Å²) in [5.74, 6) is 2.29. The third-order valence-corrected chi connectivity index (χ3v) is 2.81. The maximum Gasteiger partial charge on any atom is 0.263 e. The van der Waals surface area contributed by atoms with Crippen molar-refractivity contribution < 1.29 is 9.26 Å². The first-order valence-corrected chi connectivity index (χ1v) is 4.31. The molecule has 0 radical (unpaired) electrons. The largest absolute Gasteiger partial charge is 0.381 e. The lowest BCUT2D eigenvalue weighted by molar-refractivity contribution is 0.155. The lowest BCUT2D eigenvalue weighted by Crippen LogP contribution is -1.96. The number of nitrogens with zero attached hydrogens (tertiary/aromatic N) is 2. The first-order valence-electron chi connectivity index (χ1n) is 3.93. The van der Waals surface area contributed by atoms with Crippen molar-refractivity contribution in [2.24, 2.45) is 11.8 Å². The molecule has 2 fully saturated rings. The van der Waals surface area contributed by atoms with Crippen molar-refractivity contribution in [3.63, 3.8) is 0 Å². The molecule has 2 aliphatic rings. The van der Waals surface area contributed by atoms with E-state index in [1.807, 2.05) is 0 Å². The Kier molecular flexibility index (Phi) is 1.26. The highest BCUT2D eigenvalue weighted by atomic mass is 35.5. The van der Waals surface area contributed by atoms with E-state index in [9.17, 15) is 0 Å². The molecule has 1 aliphatic heterocycles. The summed E-state index contributed by atoms with van der Waals surface area (Å²) in [6.07, 6.45) is 0. The fraction of sp³-hybridized carbons (Fsp3) is 0.714. The molecule has 1 saturated carbocycles. The fourth-order valence-corrected chi connectivity index (χ4v) is 2.08. The van der Waals surface area contributed by atoms with Crippen LogP contribution >= 0.6 is 11.6 Å². The smallest absolute Gasteiger partial charge is 0.263 e. The molecule has 1 aromatic heterocycles. The van der Waals surface area contributed by atoms with Crippen LogP contribution in [0.5, 0.6) is 0 Å². The number of aromatic nitrogens is 2. The molecule has 2 atom stereocenters. The van der Waals surface area contributed by atoms with Gasteiger partial charge in [0, 0.05) is 5.92 Å². The molecule has 1 aromatic rings. The number of fused-ring (bicyclic) bond motifs is 1. The zero-order valence-corrected chi connectivity index (χ0v) is 6.99. The number of hydrogen-bond donors (Lipinski definition) is 0. The number of rotatable bonds is 1. The zero-order chi connectivity index (χ0) is 8.13. The molecule has 4 nitrogen and oxygen atoms in total. The van der Waals surface area contributed by atoms with Gasteiger partial charge in [-0.1, -0.05) is 0 Å². The molecule has 0 bridgehead atoms. The summed E-state index contributed by atoms with van der Waals surface area (Å²) < 4.78 is 10.2. The predicted molar refractivity (Wildman–Crippen MR) is 39.8 cm³/mol. The zero-order valence-electron chi connectivity index (χ0n) is 6.24. The highest BCUT2D eigenvalue weighted by Gasteiger charge is 2.57. The van der Waals surface area contributed by atoms with Gasteiger partial charge in [-0.15, -0.1) is 0 Å². The van der Waals surface area contributed by atoms with Crippen molar-refractivity contribution in [1.29, 1.82) is 0 Å². The summed E-state index contributed by atoms with van der Waals surface area (Å²) in [5.41, 5.74) is 0. The SMILES string of the molecule is Clc1noc(C2C3COCC32)n1. The van der Waals surface area contributed by atoms with E-state index in [0.29, 0.717) is 23.6 Å². The first-order chi connectivity index (χ1) is 5.86. The normalized spacial score (nSPS) is 38.2. The fourth-order valence-electron chi connectivity index (χ4n) is 1.96. The Bertz CT molecular complexity index is 304. The minimum absolute atomic E-state index is 0.205. The van der Waals surface area contributed by atoms with Crippen LogP contribution in [0.15, 0.2) is 4.52 Å². The molecule has 0 amide bonds. The molecule has 5 heteroatoms. The third-order valence-electron chi connectivity index (χ3n) is 2.65. The maximum absolute atomic E-state index is 5.54. The van der Waals surface area contributed by atoms with Gasteiger partial charge in [0.15, 0.2) is 0 Å². The Balaban J connectivity index is 1.84. The van der Waals surface area contributed by atoms with Crippen LogP contribution in [-0.4, -0.2) is 23.4 Å². The Hall–Kier alpha value is -0.610. The van der Waals surface area contributed by atoms with Gasteiger partial charge < -0.3 is 9.26 Å². The molecule has 64 valence electrons. The molecule has 0 spiro atoms. The Morgan fingerprint density at radius 1 is 1.33 bits per heavy atom. The van der Waals surface area contributed by atoms with Crippen LogP contribution in [0.1, 0.15) is 11.8 Å². The molecule has 3 rings (SSSR count). The minimum atomic E-state index is 0.205. The highest BCUT2D eigenvalue weighted by molar-refractivity contribution is 6.28. The van der Waals surface area contributed by atoms with Gasteiger partial charge in [-0.2, -0.15) is 4.98 Å². The predicted octanol–water partition coefficient (Wildman–Crippen LogP) is 1.08. The van der Waals surface area contributed by atoms with Crippen molar-refractivity contribution >= 4 is 11.6 Å². The van der Waals surface area contributed by atoms with Gasteiger partial charge >= 0.3 is 0 Å². The van der Waals surface area contributed by atoms with E-state index in [4.69, 9.17) is 20.9 Å². The lowest BCUT2D eigenvalue weighted by Gasteiger charge is -1.96. The summed E-state index contributed by atoms with van der Waals surface area (Å²) in [7, 11) is 0. The van der Waals surface area contributed by atoms with Crippen molar-refractivity contribution in [3.8, 4) is 0 Å². The average molecular weight is 187 g/mol. The first kappa shape index (κ1) is 6.86. The van der Waals surface area contributed by atoms with Crippen LogP contribution in [0.4, 0.5) is 0 Å². The average Bonchev–Trinajstić information content (AvgIpc) is 2.55. The van der Waals surface area contributed by atoms with Gasteiger partial charge in [-0.05, 0) is 28.6 Å². The van der Waals surface area contributed by atoms with Crippen LogP contribution in [0.3, 0.4) is 0 Å². The van der Waals surface area contributed by atoms with E-state index in [-0.39, 0.29) is 5.28 Å². The molecule has 12 heavy (non-hydrogen) atoms. The van der Waals surface area contributed by atoms with Crippen molar-refractivity contribution in [2.75, 3.05) is 13.2 Å². The van der Waals surface area contributed by atoms with Gasteiger partial charge in [0.1, 0.15) is 0 Å². The van der Waals surface area contributed by atoms with Crippen LogP contribution in [0.2, 0.25) is 5.28 Å². The summed E-state index contributed by atoms with van der Waals surface area (Å²) in [6, 6.07) is 0. The second kappa shape index (κ2) is 2.20. The molecule has 0 N–H and O–H groups in total. The summed E-state index contributed by atoms with van der Waals surface area (Å²) in [5, 5.41) is 3.75. The van der Waals surface area contributed by atoms with Gasteiger partial charge in [0.2, 0.25) is 5.89 Å². The standard InChI is InChI=1S/C7H7ClN2O2/c8-7-9-6(12-10-7)5-3-1-11-2-4(3)5/h3-5H,1-2H2. The number of hydrogen-bond acceptors (Lipinski definition) is 4. The van der Waals surface area contributed by atoms with Crippen LogP contribution in [0, 0.1) is 11.8 Å². The van der Waals surface area contributed by atoms with Gasteiger partial charge in [-0.25, -0.2) is 0 Å². The van der Waals surface area contributed by atoms with Crippen molar-refractivity contribution in [2.45, 2.75) is 5.92 Å². The highest BCUT2D eigenvalue weighted by Crippen LogP contribution is 2.56. The van der Waals surface area contributed by atoms with Crippen molar-refractivity contribution in [3.05, 3.63) is 11.2 Å². The molecular formula is C7H7ClN2O2. The summed E-state index contributed by atoms with van der Waals surface area (Å²) in [6.45, 7) is 1.66. The molecular weight excluding hydrogens is 180 g/mol. The monoisotopic (exact) mass is 186 g/mol. The van der Waals surface area contributed by atoms with Gasteiger partial charge in [0.05, 0.1) is 13.2 Å². The summed E-state index contributed by atoms with van der Waals surface area (Å²) >= 11 is 5.54. The molecule has 0 aromatic carbocycles. The second-order valence-corrected chi connectivity index (χ2v) is 3.63. The van der Waals surface area contributed by atoms with E-state index in [0.717, 1.165) is 13.2 Å². The topological polar surface area (TPSA) is 48.2 Å². The van der Waals surface area contributed by atoms with Gasteiger partial charge in [-0.3, -0.25) is 0 Å². The molecule has 2 unspecified atom stereocenters. The Morgan fingerprint density at radius 3 is 2.67 bits per heavy atom. The number of halogens is 1. The second-order valence-electron chi connectivity index (χ2n) is 3.29. The minimum Gasteiger partial charge on any atom is -0.381 e. The van der Waals surface area contributed by atoms with Crippen LogP contribution in [0.25, 0.3) is 0 Å². The Labute approximate surface area is 73.8 Å². The quantitative estimate of drug-likeness (QED) is 0.659. The summed E-state index contributed by atoms with van der Waals surface area (Å²) in [4.78, 5) is 3.99. The van der Waals surface area contributed by atoms with E-state index < -0.39 is 0 Å². The lowest BCUT2D eigenvalue weighted by atomic mass is 10.3. The van der Waals surface area contributed by atoms with Crippen LogP contribution in [-0.2, 0) is 4.74 Å². The van der Waals surface area contributed by atoms with E-state index in [1.165, 1.54) is 0 Å². The van der Waals surface area contributed by atoms with E-state index in [1.54, 1.807) is 0 Å². The number of ether oxygens (including phenoxy) is 1. The molecule has 1 aliphatic carbocycles. The molecule has 1 saturated heterocycles. The van der Waals surface area contributed by atoms with Gasteiger partial charge in [0.25, 0.3) is 5.28 Å². The Morgan fingerprint density at radius 2 is 2.08 bits per heavy atom. The molecule has 2 heterocycles. The van der Waals surface area contributed by atoms with E-state index >= 15 is 0 Å². The van der Waals surface area contributed by atoms with Crippen LogP contribution < -0.4 is 0 Å². The van der Waals surface area contributed by atoms with Crippen molar-refractivity contribution in [1.82, 2.24) is 10.1 Å². The van der Waals surface area contributed by atoms with E-state index in [2.05, 4.69) is 10.1 Å². The maximum atomic E-state index is 5.54. The third kappa shape index (κ3) is 0.820.